The van der Waals surface area contributed by atoms with Crippen molar-refractivity contribution in [2.75, 3.05) is 55.0 Å². The number of hydrogen-bond acceptors (Lipinski definition) is 8. The third kappa shape index (κ3) is 6.63. The lowest BCUT2D eigenvalue weighted by Gasteiger charge is -2.53. The van der Waals surface area contributed by atoms with Gasteiger partial charge in [0.05, 0.1) is 11.8 Å². The Hall–Kier alpha value is -2.64. The van der Waals surface area contributed by atoms with Crippen molar-refractivity contribution >= 4 is 33.2 Å². The second kappa shape index (κ2) is 10.6. The number of nitrogens with one attached hydrogen (secondary N) is 2. The molecule has 40 heavy (non-hydrogen) atoms. The molecule has 2 fully saturated rings. The zero-order valence-electron chi connectivity index (χ0n) is 24.2. The lowest BCUT2D eigenvalue weighted by atomic mass is 9.77. The van der Waals surface area contributed by atoms with Crippen LogP contribution in [0, 0.1) is 6.92 Å². The molecular formula is C27H40F3N7O2S. The van der Waals surface area contributed by atoms with Crippen LogP contribution in [-0.4, -0.2) is 84.2 Å². The number of benzene rings is 1. The number of nitrogens with zero attached hydrogens (tertiary/aromatic N) is 5. The smallest absolute Gasteiger partial charge is 0.368 e. The van der Waals surface area contributed by atoms with E-state index in [-0.39, 0.29) is 60.6 Å². The molecule has 1 aromatic carbocycles. The first-order chi connectivity index (χ1) is 18.4. The van der Waals surface area contributed by atoms with Gasteiger partial charge in [-0.25, -0.2) is 13.4 Å². The van der Waals surface area contributed by atoms with Gasteiger partial charge in [-0.1, -0.05) is 0 Å². The van der Waals surface area contributed by atoms with Gasteiger partial charge in [0.25, 0.3) is 0 Å². The third-order valence-electron chi connectivity index (χ3n) is 8.23. The maximum absolute atomic E-state index is 14.1. The molecule has 0 spiro atoms. The number of piperidine rings is 1. The van der Waals surface area contributed by atoms with E-state index in [4.69, 9.17) is 0 Å². The molecule has 4 rings (SSSR count). The van der Waals surface area contributed by atoms with Crippen LogP contribution in [0.4, 0.5) is 36.3 Å². The second-order valence-corrected chi connectivity index (χ2v) is 14.1. The fraction of sp³-hybridized carbons (Fsp3) is 0.630. The van der Waals surface area contributed by atoms with Crippen molar-refractivity contribution in [1.29, 1.82) is 0 Å². The van der Waals surface area contributed by atoms with Crippen LogP contribution in [0.1, 0.15) is 51.7 Å². The molecule has 0 amide bonds. The van der Waals surface area contributed by atoms with E-state index in [0.29, 0.717) is 5.82 Å². The van der Waals surface area contributed by atoms with Crippen LogP contribution < -0.4 is 15.5 Å². The summed E-state index contributed by atoms with van der Waals surface area (Å²) in [5, 5.41) is 6.50. The zero-order valence-corrected chi connectivity index (χ0v) is 25.0. The van der Waals surface area contributed by atoms with Crippen LogP contribution in [-0.2, 0) is 16.2 Å². The quantitative estimate of drug-likeness (QED) is 0.506. The van der Waals surface area contributed by atoms with Gasteiger partial charge in [-0.2, -0.15) is 22.5 Å². The third-order valence-corrected chi connectivity index (χ3v) is 9.53. The Bertz CT molecular complexity index is 1320. The van der Waals surface area contributed by atoms with Crippen LogP contribution in [0.25, 0.3) is 0 Å². The first-order valence-electron chi connectivity index (χ1n) is 13.4. The molecule has 0 bridgehead atoms. The lowest BCUT2D eigenvalue weighted by molar-refractivity contribution is -0.137. The normalized spacial score (nSPS) is 20.9. The van der Waals surface area contributed by atoms with Crippen LogP contribution in [0.15, 0.2) is 24.4 Å². The molecule has 222 valence electrons. The van der Waals surface area contributed by atoms with Gasteiger partial charge < -0.3 is 15.5 Å². The van der Waals surface area contributed by atoms with Gasteiger partial charge in [0.15, 0.2) is 0 Å². The zero-order chi connectivity index (χ0) is 29.7. The highest BCUT2D eigenvalue weighted by Crippen LogP contribution is 2.40. The van der Waals surface area contributed by atoms with Gasteiger partial charge in [0.2, 0.25) is 16.0 Å². The predicted molar refractivity (Wildman–Crippen MR) is 153 cm³/mol. The Balaban J connectivity index is 1.54. The van der Waals surface area contributed by atoms with Gasteiger partial charge in [0, 0.05) is 66.4 Å². The summed E-state index contributed by atoms with van der Waals surface area (Å²) in [7, 11) is -1.25. The Kier molecular flexibility index (Phi) is 8.07. The molecule has 9 nitrogen and oxygen atoms in total. The number of rotatable bonds is 6. The van der Waals surface area contributed by atoms with Crippen molar-refractivity contribution in [3.05, 3.63) is 35.5 Å². The Morgan fingerprint density at radius 1 is 1.02 bits per heavy atom. The number of piperazine rings is 1. The first-order valence-corrected chi connectivity index (χ1v) is 15.2. The Morgan fingerprint density at radius 3 is 2.17 bits per heavy atom. The maximum atomic E-state index is 14.1. The van der Waals surface area contributed by atoms with E-state index < -0.39 is 21.8 Å². The average molecular weight is 584 g/mol. The van der Waals surface area contributed by atoms with E-state index in [2.05, 4.69) is 60.2 Å². The van der Waals surface area contributed by atoms with Crippen molar-refractivity contribution in [1.82, 2.24) is 19.2 Å². The summed E-state index contributed by atoms with van der Waals surface area (Å²) in [6.45, 7) is 11.4. The standard InChI is InChI=1S/C27H40F3N7O2S/c1-18-17-31-24(34-23(18)32-20-15-25(2,3)35(6)26(4,5)16-20)33-19-8-9-22(21(14-19)27(28,29)30)36-10-12-37(13-11-36)40(7,38)39/h8-9,14,17,20H,10-13,15-16H2,1-7H3,(H2,31,32,33,34). The number of alkyl halides is 3. The molecule has 0 aliphatic carbocycles. The number of halogens is 3. The number of anilines is 4. The van der Waals surface area contributed by atoms with E-state index in [0.717, 1.165) is 30.7 Å². The number of likely N-dealkylation sites (tertiary alicyclic amines) is 1. The molecule has 2 aliphatic heterocycles. The minimum atomic E-state index is -4.60. The SMILES string of the molecule is Cc1cnc(Nc2ccc(N3CCN(S(C)(=O)=O)CC3)c(C(F)(F)F)c2)nc1NC1CC(C)(C)N(C)C(C)(C)C1. The molecule has 2 saturated heterocycles. The molecule has 13 heteroatoms. The van der Waals surface area contributed by atoms with E-state index in [9.17, 15) is 21.6 Å². The van der Waals surface area contributed by atoms with Crippen molar-refractivity contribution < 1.29 is 21.6 Å². The molecule has 1 aromatic heterocycles. The monoisotopic (exact) mass is 583 g/mol. The van der Waals surface area contributed by atoms with Crippen LogP contribution >= 0.6 is 0 Å². The van der Waals surface area contributed by atoms with Crippen molar-refractivity contribution in [3.8, 4) is 0 Å². The van der Waals surface area contributed by atoms with Gasteiger partial charge >= 0.3 is 6.18 Å². The molecule has 3 heterocycles. The van der Waals surface area contributed by atoms with Crippen LogP contribution in [0.2, 0.25) is 0 Å². The minimum absolute atomic E-state index is 0.0192. The largest absolute Gasteiger partial charge is 0.418 e. The van der Waals surface area contributed by atoms with E-state index in [1.165, 1.54) is 10.4 Å². The molecule has 2 aliphatic rings. The van der Waals surface area contributed by atoms with Gasteiger partial charge in [0.1, 0.15) is 5.82 Å². The predicted octanol–water partition coefficient (Wildman–Crippen LogP) is 4.69. The van der Waals surface area contributed by atoms with Gasteiger partial charge in [-0.15, -0.1) is 0 Å². The van der Waals surface area contributed by atoms with Crippen molar-refractivity contribution in [2.24, 2.45) is 0 Å². The molecule has 0 atom stereocenters. The summed E-state index contributed by atoms with van der Waals surface area (Å²) in [5.41, 5.74) is 0.239. The summed E-state index contributed by atoms with van der Waals surface area (Å²) >= 11 is 0. The highest BCUT2D eigenvalue weighted by molar-refractivity contribution is 7.88. The summed E-state index contributed by atoms with van der Waals surface area (Å²) in [4.78, 5) is 12.9. The lowest BCUT2D eigenvalue weighted by Crippen LogP contribution is -2.61. The molecule has 2 N–H and O–H groups in total. The number of hydrogen-bond donors (Lipinski definition) is 2. The average Bonchev–Trinajstić information content (AvgIpc) is 2.83. The summed E-state index contributed by atoms with van der Waals surface area (Å²) < 4.78 is 67.2. The summed E-state index contributed by atoms with van der Waals surface area (Å²) in [5.74, 6) is 0.845. The van der Waals surface area contributed by atoms with Gasteiger partial charge in [-0.3, -0.25) is 4.90 Å². The Labute approximate surface area is 235 Å². The maximum Gasteiger partial charge on any atom is 0.418 e. The highest BCUT2D eigenvalue weighted by Gasteiger charge is 2.43. The fourth-order valence-electron chi connectivity index (χ4n) is 5.82. The molecule has 2 aromatic rings. The molecule has 0 saturated carbocycles. The van der Waals surface area contributed by atoms with Crippen molar-refractivity contribution in [2.45, 2.75) is 70.8 Å². The molecular weight excluding hydrogens is 543 g/mol. The second-order valence-electron chi connectivity index (χ2n) is 12.2. The van der Waals surface area contributed by atoms with Crippen molar-refractivity contribution in [3.63, 3.8) is 0 Å². The molecule has 0 unspecified atom stereocenters. The van der Waals surface area contributed by atoms with E-state index >= 15 is 0 Å². The molecule has 0 radical (unpaired) electrons. The van der Waals surface area contributed by atoms with Crippen LogP contribution in [0.5, 0.6) is 0 Å². The Morgan fingerprint density at radius 2 is 1.62 bits per heavy atom. The number of aromatic nitrogens is 2. The number of aryl methyl sites for hydroxylation is 1. The first kappa shape index (κ1) is 30.3. The fourth-order valence-corrected chi connectivity index (χ4v) is 6.65. The topological polar surface area (TPSA) is 93.7 Å². The minimum Gasteiger partial charge on any atom is -0.368 e. The summed E-state index contributed by atoms with van der Waals surface area (Å²) in [6.07, 6.45) is -0.0194. The van der Waals surface area contributed by atoms with Gasteiger partial charge in [-0.05, 0) is 72.7 Å². The van der Waals surface area contributed by atoms with E-state index in [1.807, 2.05) is 6.92 Å². The number of sulfonamides is 1. The van der Waals surface area contributed by atoms with Crippen LogP contribution in [0.3, 0.4) is 0 Å². The highest BCUT2D eigenvalue weighted by atomic mass is 32.2. The summed E-state index contributed by atoms with van der Waals surface area (Å²) in [6, 6.07) is 4.20. The van der Waals surface area contributed by atoms with E-state index in [1.54, 1.807) is 17.2 Å².